The van der Waals surface area contributed by atoms with Crippen LogP contribution in [0.1, 0.15) is 117 Å². The van der Waals surface area contributed by atoms with Crippen LogP contribution in [0, 0.1) is 0 Å². The fourth-order valence-electron chi connectivity index (χ4n) is 4.41. The van der Waals surface area contributed by atoms with Gasteiger partial charge in [0.1, 0.15) is 6.20 Å². The SMILES string of the molecule is CCCC/C=C/CCCCCCCCCCCCC1NC=C[N+]1(CC)C(C)O. The Bertz CT molecular complexity index is 419. The van der Waals surface area contributed by atoms with Gasteiger partial charge in [-0.15, -0.1) is 0 Å². The monoisotopic (exact) mass is 393 g/mol. The first-order chi connectivity index (χ1) is 13.7. The summed E-state index contributed by atoms with van der Waals surface area (Å²) < 4.78 is 0.675. The molecule has 0 saturated carbocycles. The number of hydrogen-bond acceptors (Lipinski definition) is 2. The average molecular weight is 394 g/mol. The minimum atomic E-state index is -0.335. The van der Waals surface area contributed by atoms with E-state index >= 15 is 0 Å². The van der Waals surface area contributed by atoms with Crippen molar-refractivity contribution in [2.45, 2.75) is 129 Å². The van der Waals surface area contributed by atoms with Gasteiger partial charge in [0.15, 0.2) is 12.4 Å². The van der Waals surface area contributed by atoms with Crippen molar-refractivity contribution in [3.63, 3.8) is 0 Å². The van der Waals surface area contributed by atoms with E-state index in [-0.39, 0.29) is 6.23 Å². The summed E-state index contributed by atoms with van der Waals surface area (Å²) in [6.07, 6.45) is 29.1. The molecule has 3 unspecified atom stereocenters. The number of nitrogens with one attached hydrogen (secondary N) is 1. The van der Waals surface area contributed by atoms with Crippen molar-refractivity contribution in [3.8, 4) is 0 Å². The van der Waals surface area contributed by atoms with Gasteiger partial charge in [0, 0.05) is 13.3 Å². The number of aliphatic hydroxyl groups is 1. The molecule has 1 aliphatic rings. The first kappa shape index (κ1) is 25.2. The Balaban J connectivity index is 1.89. The Morgan fingerprint density at radius 3 is 1.93 bits per heavy atom. The van der Waals surface area contributed by atoms with E-state index in [1.807, 2.05) is 13.1 Å². The van der Waals surface area contributed by atoms with E-state index in [1.165, 1.54) is 89.9 Å². The first-order valence-corrected chi connectivity index (χ1v) is 12.3. The lowest BCUT2D eigenvalue weighted by atomic mass is 10.0. The van der Waals surface area contributed by atoms with Crippen molar-refractivity contribution in [2.75, 3.05) is 6.54 Å². The molecule has 2 N–H and O–H groups in total. The number of unbranched alkanes of at least 4 members (excludes halogenated alkanes) is 12. The van der Waals surface area contributed by atoms with Gasteiger partial charge in [0.25, 0.3) is 0 Å². The molecule has 0 bridgehead atoms. The normalized spacial score (nSPS) is 22.8. The van der Waals surface area contributed by atoms with Crippen LogP contribution in [0.4, 0.5) is 0 Å². The number of rotatable bonds is 18. The molecule has 1 heterocycles. The topological polar surface area (TPSA) is 32.3 Å². The van der Waals surface area contributed by atoms with E-state index in [4.69, 9.17) is 0 Å². The molecule has 0 aromatic carbocycles. The van der Waals surface area contributed by atoms with Crippen LogP contribution in [-0.4, -0.2) is 28.5 Å². The van der Waals surface area contributed by atoms with Crippen LogP contribution in [0.15, 0.2) is 24.6 Å². The van der Waals surface area contributed by atoms with E-state index in [2.05, 4.69) is 37.5 Å². The summed E-state index contributed by atoms with van der Waals surface area (Å²) in [5.74, 6) is 0. The molecular weight excluding hydrogens is 344 g/mol. The van der Waals surface area contributed by atoms with Crippen LogP contribution in [0.3, 0.4) is 0 Å². The predicted octanol–water partition coefficient (Wildman–Crippen LogP) is 6.99. The largest absolute Gasteiger partial charge is 0.345 e. The van der Waals surface area contributed by atoms with E-state index in [1.54, 1.807) is 0 Å². The highest BCUT2D eigenvalue weighted by molar-refractivity contribution is 4.84. The second-order valence-corrected chi connectivity index (χ2v) is 8.67. The number of quaternary nitrogens is 1. The molecule has 0 spiro atoms. The maximum Gasteiger partial charge on any atom is 0.193 e. The van der Waals surface area contributed by atoms with Crippen molar-refractivity contribution in [2.24, 2.45) is 0 Å². The lowest BCUT2D eigenvalue weighted by Gasteiger charge is -2.39. The van der Waals surface area contributed by atoms with E-state index in [0.29, 0.717) is 10.6 Å². The Labute approximate surface area is 175 Å². The highest BCUT2D eigenvalue weighted by Crippen LogP contribution is 2.25. The summed E-state index contributed by atoms with van der Waals surface area (Å²) in [6.45, 7) is 7.29. The second-order valence-electron chi connectivity index (χ2n) is 8.67. The van der Waals surface area contributed by atoms with E-state index in [0.717, 1.165) is 13.0 Å². The fraction of sp³-hybridized carbons (Fsp3) is 0.840. The smallest absolute Gasteiger partial charge is 0.193 e. The number of aliphatic hydroxyl groups excluding tert-OH is 1. The van der Waals surface area contributed by atoms with Gasteiger partial charge in [-0.3, -0.25) is 4.48 Å². The summed E-state index contributed by atoms with van der Waals surface area (Å²) in [5.41, 5.74) is 0. The zero-order valence-electron chi connectivity index (χ0n) is 19.2. The molecule has 164 valence electrons. The van der Waals surface area contributed by atoms with Crippen LogP contribution in [0.2, 0.25) is 0 Å². The first-order valence-electron chi connectivity index (χ1n) is 12.3. The standard InChI is InChI=1S/C25H49N2O/c1-4-6-7-8-9-10-11-12-13-14-15-16-17-18-19-20-21-25-26-22-23-27(25,5-2)24(3)28/h8-9,22-26,28H,4-7,10-21H2,1-3H3/q+1/b9-8+. The summed E-state index contributed by atoms with van der Waals surface area (Å²) in [7, 11) is 0. The number of allylic oxidation sites excluding steroid dienone is 2. The van der Waals surface area contributed by atoms with Gasteiger partial charge < -0.3 is 10.4 Å². The number of nitrogens with zero attached hydrogens (tertiary/aromatic N) is 1. The Hall–Kier alpha value is -0.800. The van der Waals surface area contributed by atoms with Gasteiger partial charge in [0.2, 0.25) is 0 Å². The van der Waals surface area contributed by atoms with Crippen LogP contribution in [0.25, 0.3) is 0 Å². The van der Waals surface area contributed by atoms with Gasteiger partial charge in [-0.2, -0.15) is 0 Å². The third kappa shape index (κ3) is 9.60. The van der Waals surface area contributed by atoms with Crippen LogP contribution < -0.4 is 5.32 Å². The molecule has 3 nitrogen and oxygen atoms in total. The van der Waals surface area contributed by atoms with Crippen molar-refractivity contribution < 1.29 is 9.59 Å². The lowest BCUT2D eigenvalue weighted by Crippen LogP contribution is -2.57. The van der Waals surface area contributed by atoms with Gasteiger partial charge in [-0.1, -0.05) is 83.3 Å². The minimum Gasteiger partial charge on any atom is -0.345 e. The third-order valence-electron chi connectivity index (χ3n) is 6.45. The van der Waals surface area contributed by atoms with Gasteiger partial charge in [-0.25, -0.2) is 0 Å². The molecular formula is C25H49N2O+. The summed E-state index contributed by atoms with van der Waals surface area (Å²) in [4.78, 5) is 0. The molecule has 0 aromatic heterocycles. The average Bonchev–Trinajstić information content (AvgIpc) is 3.12. The summed E-state index contributed by atoms with van der Waals surface area (Å²) in [5, 5.41) is 13.6. The molecule has 28 heavy (non-hydrogen) atoms. The zero-order chi connectivity index (χ0) is 20.5. The maximum atomic E-state index is 10.2. The van der Waals surface area contributed by atoms with Crippen molar-refractivity contribution >= 4 is 0 Å². The molecule has 0 fully saturated rings. The minimum absolute atomic E-state index is 0.335. The summed E-state index contributed by atoms with van der Waals surface area (Å²) in [6, 6.07) is 0. The molecule has 0 saturated heterocycles. The molecule has 1 rings (SSSR count). The van der Waals surface area contributed by atoms with Crippen LogP contribution in [-0.2, 0) is 0 Å². The Kier molecular flexibility index (Phi) is 14.5. The molecule has 0 radical (unpaired) electrons. The number of hydrogen-bond donors (Lipinski definition) is 2. The van der Waals surface area contributed by atoms with E-state index < -0.39 is 0 Å². The molecule has 3 atom stereocenters. The van der Waals surface area contributed by atoms with Gasteiger partial charge >= 0.3 is 0 Å². The molecule has 0 amide bonds. The molecule has 0 aliphatic carbocycles. The van der Waals surface area contributed by atoms with Gasteiger partial charge in [-0.05, 0) is 32.6 Å². The zero-order valence-corrected chi connectivity index (χ0v) is 19.2. The molecule has 3 heteroatoms. The van der Waals surface area contributed by atoms with Gasteiger partial charge in [0.05, 0.1) is 12.7 Å². The van der Waals surface area contributed by atoms with Crippen LogP contribution >= 0.6 is 0 Å². The highest BCUT2D eigenvalue weighted by Gasteiger charge is 2.40. The highest BCUT2D eigenvalue weighted by atomic mass is 16.3. The second kappa shape index (κ2) is 16.0. The lowest BCUT2D eigenvalue weighted by molar-refractivity contribution is -0.942. The van der Waals surface area contributed by atoms with Crippen molar-refractivity contribution in [1.29, 1.82) is 0 Å². The Morgan fingerprint density at radius 2 is 1.39 bits per heavy atom. The third-order valence-corrected chi connectivity index (χ3v) is 6.45. The maximum absolute atomic E-state index is 10.2. The van der Waals surface area contributed by atoms with Crippen molar-refractivity contribution in [1.82, 2.24) is 5.32 Å². The van der Waals surface area contributed by atoms with E-state index in [9.17, 15) is 5.11 Å². The molecule has 0 aromatic rings. The predicted molar refractivity (Wildman–Crippen MR) is 123 cm³/mol. The molecule has 1 aliphatic heterocycles. The fourth-order valence-corrected chi connectivity index (χ4v) is 4.41. The summed E-state index contributed by atoms with van der Waals surface area (Å²) >= 11 is 0. The van der Waals surface area contributed by atoms with Crippen LogP contribution in [0.5, 0.6) is 0 Å². The van der Waals surface area contributed by atoms with Crippen molar-refractivity contribution in [3.05, 3.63) is 24.6 Å². The quantitative estimate of drug-likeness (QED) is 0.149. The Morgan fingerprint density at radius 1 is 0.857 bits per heavy atom.